The Morgan fingerprint density at radius 3 is 2.20 bits per heavy atom. The van der Waals surface area contributed by atoms with Crippen LogP contribution in [0.15, 0.2) is 0 Å². The zero-order valence-corrected chi connectivity index (χ0v) is 8.92. The first-order chi connectivity index (χ1) is 6.90. The molecule has 0 aliphatic carbocycles. The van der Waals surface area contributed by atoms with E-state index in [-0.39, 0.29) is 17.2 Å². The van der Waals surface area contributed by atoms with Crippen LogP contribution in [0.2, 0.25) is 0 Å². The van der Waals surface area contributed by atoms with Gasteiger partial charge in [-0.1, -0.05) is 11.8 Å². The number of hydrogen-bond acceptors (Lipinski definition) is 7. The van der Waals surface area contributed by atoms with Gasteiger partial charge in [-0.2, -0.15) is 0 Å². The van der Waals surface area contributed by atoms with Crippen LogP contribution in [0.4, 0.5) is 0 Å². The number of hydrogen-bond donors (Lipinski definition) is 4. The van der Waals surface area contributed by atoms with Crippen LogP contribution < -0.4 is 0 Å². The van der Waals surface area contributed by atoms with Crippen LogP contribution in [0.25, 0.3) is 0 Å². The first kappa shape index (κ1) is 14.5. The van der Waals surface area contributed by atoms with Crippen molar-refractivity contribution >= 4 is 23.2 Å². The van der Waals surface area contributed by atoms with Gasteiger partial charge in [-0.25, -0.2) is 0 Å². The van der Waals surface area contributed by atoms with Gasteiger partial charge in [0.15, 0.2) is 11.4 Å². The van der Waals surface area contributed by atoms with Crippen LogP contribution in [0.1, 0.15) is 6.92 Å². The number of aldehydes is 1. The van der Waals surface area contributed by atoms with Crippen LogP contribution in [-0.2, 0) is 9.59 Å². The summed E-state index contributed by atoms with van der Waals surface area (Å²) in [5.74, 6) is -0.112. The molecular formula is C8H14O6S. The highest BCUT2D eigenvalue weighted by Crippen LogP contribution is 2.10. The van der Waals surface area contributed by atoms with E-state index in [0.717, 1.165) is 11.8 Å². The Morgan fingerprint density at radius 2 is 1.80 bits per heavy atom. The number of rotatable bonds is 6. The van der Waals surface area contributed by atoms with Crippen LogP contribution in [0, 0.1) is 0 Å². The molecule has 0 rings (SSSR count). The third kappa shape index (κ3) is 5.24. The summed E-state index contributed by atoms with van der Waals surface area (Å²) in [6.07, 6.45) is -6.51. The normalized spacial score (nSPS) is 19.0. The zero-order valence-electron chi connectivity index (χ0n) is 8.11. The minimum Gasteiger partial charge on any atom is -0.389 e. The fourth-order valence-corrected chi connectivity index (χ4v) is 1.41. The SMILES string of the molecule is CC(=O)SC[C@@H](O)[C@H](O)[C@H](O)[C@@H](O)C=O. The number of carbonyl (C=O) groups excluding carboxylic acids is 2. The van der Waals surface area contributed by atoms with E-state index < -0.39 is 24.4 Å². The lowest BCUT2D eigenvalue weighted by Crippen LogP contribution is -2.46. The lowest BCUT2D eigenvalue weighted by atomic mass is 10.1. The van der Waals surface area contributed by atoms with Gasteiger partial charge in [-0.05, 0) is 0 Å². The average molecular weight is 238 g/mol. The van der Waals surface area contributed by atoms with Gasteiger partial charge in [0.2, 0.25) is 0 Å². The van der Waals surface area contributed by atoms with Gasteiger partial charge >= 0.3 is 0 Å². The molecule has 15 heavy (non-hydrogen) atoms. The Bertz CT molecular complexity index is 221. The molecule has 0 bridgehead atoms. The maximum absolute atomic E-state index is 10.5. The summed E-state index contributed by atoms with van der Waals surface area (Å²) in [6, 6.07) is 0. The molecule has 0 aliphatic heterocycles. The van der Waals surface area contributed by atoms with E-state index in [4.69, 9.17) is 10.2 Å². The molecule has 7 heteroatoms. The van der Waals surface area contributed by atoms with E-state index in [2.05, 4.69) is 0 Å². The molecule has 6 nitrogen and oxygen atoms in total. The van der Waals surface area contributed by atoms with Crippen molar-refractivity contribution in [3.05, 3.63) is 0 Å². The fraction of sp³-hybridized carbons (Fsp3) is 0.750. The topological polar surface area (TPSA) is 115 Å². The summed E-state index contributed by atoms with van der Waals surface area (Å²) in [7, 11) is 0. The lowest BCUT2D eigenvalue weighted by Gasteiger charge is -2.23. The van der Waals surface area contributed by atoms with Crippen molar-refractivity contribution in [2.75, 3.05) is 5.75 Å². The van der Waals surface area contributed by atoms with Gasteiger partial charge < -0.3 is 25.2 Å². The predicted octanol–water partition coefficient (Wildman–Crippen LogP) is -2.09. The Balaban J connectivity index is 4.11. The molecule has 0 unspecified atom stereocenters. The number of thioether (sulfide) groups is 1. The molecule has 4 N–H and O–H groups in total. The van der Waals surface area contributed by atoms with Crippen molar-refractivity contribution < 1.29 is 30.0 Å². The molecule has 0 saturated heterocycles. The molecule has 0 spiro atoms. The molecular weight excluding hydrogens is 224 g/mol. The number of carbonyl (C=O) groups is 2. The van der Waals surface area contributed by atoms with Crippen molar-refractivity contribution in [2.24, 2.45) is 0 Å². The fourth-order valence-electron chi connectivity index (χ4n) is 0.811. The van der Waals surface area contributed by atoms with Crippen molar-refractivity contribution in [3.8, 4) is 0 Å². The second kappa shape index (κ2) is 6.91. The summed E-state index contributed by atoms with van der Waals surface area (Å²) >= 11 is 0.774. The van der Waals surface area contributed by atoms with Crippen LogP contribution in [0.5, 0.6) is 0 Å². The average Bonchev–Trinajstić information content (AvgIpc) is 2.22. The molecule has 0 amide bonds. The summed E-state index contributed by atoms with van der Waals surface area (Å²) in [5.41, 5.74) is 0. The van der Waals surface area contributed by atoms with Crippen molar-refractivity contribution in [3.63, 3.8) is 0 Å². The largest absolute Gasteiger partial charge is 0.389 e. The number of aliphatic hydroxyl groups is 4. The molecule has 0 aromatic heterocycles. The Labute approximate surface area is 90.9 Å². The second-order valence-corrected chi connectivity index (χ2v) is 4.17. The van der Waals surface area contributed by atoms with Crippen molar-refractivity contribution in [1.82, 2.24) is 0 Å². The second-order valence-electron chi connectivity index (χ2n) is 2.98. The van der Waals surface area contributed by atoms with Gasteiger partial charge in [-0.3, -0.25) is 4.79 Å². The molecule has 88 valence electrons. The molecule has 0 aromatic carbocycles. The van der Waals surface area contributed by atoms with E-state index in [1.54, 1.807) is 0 Å². The zero-order chi connectivity index (χ0) is 12.0. The van der Waals surface area contributed by atoms with Crippen LogP contribution in [0.3, 0.4) is 0 Å². The predicted molar refractivity (Wildman–Crippen MR) is 53.2 cm³/mol. The van der Waals surface area contributed by atoms with Gasteiger partial charge in [-0.15, -0.1) is 0 Å². The summed E-state index contributed by atoms with van der Waals surface area (Å²) in [5, 5.41) is 36.3. The molecule has 0 saturated carbocycles. The quantitative estimate of drug-likeness (QED) is 0.392. The summed E-state index contributed by atoms with van der Waals surface area (Å²) < 4.78 is 0. The van der Waals surface area contributed by atoms with E-state index in [9.17, 15) is 19.8 Å². The summed E-state index contributed by atoms with van der Waals surface area (Å²) in [4.78, 5) is 20.6. The number of aliphatic hydroxyl groups excluding tert-OH is 4. The molecule has 0 heterocycles. The standard InChI is InChI=1S/C8H14O6S/c1-4(10)15-3-6(12)8(14)7(13)5(11)2-9/h2,5-8,11-14H,3H2,1H3/t5-,6+,7+,8-/m0/s1. The molecule has 0 aliphatic rings. The first-order valence-corrected chi connectivity index (χ1v) is 5.19. The van der Waals surface area contributed by atoms with Gasteiger partial charge in [0.25, 0.3) is 0 Å². The maximum atomic E-state index is 10.5. The van der Waals surface area contributed by atoms with E-state index in [1.807, 2.05) is 0 Å². The highest BCUT2D eigenvalue weighted by molar-refractivity contribution is 8.13. The molecule has 0 radical (unpaired) electrons. The van der Waals surface area contributed by atoms with E-state index >= 15 is 0 Å². The van der Waals surface area contributed by atoms with Crippen molar-refractivity contribution in [1.29, 1.82) is 0 Å². The molecule has 0 fully saturated rings. The minimum absolute atomic E-state index is 0.0543. The van der Waals surface area contributed by atoms with Gasteiger partial charge in [0.1, 0.15) is 18.3 Å². The van der Waals surface area contributed by atoms with Crippen LogP contribution >= 0.6 is 11.8 Å². The Hall–Kier alpha value is -0.470. The third-order valence-electron chi connectivity index (χ3n) is 1.69. The Kier molecular flexibility index (Phi) is 6.70. The highest BCUT2D eigenvalue weighted by atomic mass is 32.2. The smallest absolute Gasteiger partial charge is 0.185 e. The van der Waals surface area contributed by atoms with Crippen molar-refractivity contribution in [2.45, 2.75) is 31.3 Å². The maximum Gasteiger partial charge on any atom is 0.185 e. The first-order valence-electron chi connectivity index (χ1n) is 4.21. The van der Waals surface area contributed by atoms with Gasteiger partial charge in [0, 0.05) is 12.7 Å². The monoisotopic (exact) mass is 238 g/mol. The van der Waals surface area contributed by atoms with E-state index in [1.165, 1.54) is 6.92 Å². The van der Waals surface area contributed by atoms with Gasteiger partial charge in [0.05, 0.1) is 6.10 Å². The molecule has 4 atom stereocenters. The van der Waals surface area contributed by atoms with E-state index in [0.29, 0.717) is 0 Å². The summed E-state index contributed by atoms with van der Waals surface area (Å²) in [6.45, 7) is 1.29. The lowest BCUT2D eigenvalue weighted by molar-refractivity contribution is -0.132. The minimum atomic E-state index is -1.76. The molecule has 0 aromatic rings. The highest BCUT2D eigenvalue weighted by Gasteiger charge is 2.30. The van der Waals surface area contributed by atoms with Crippen LogP contribution in [-0.4, -0.2) is 62.0 Å². The third-order valence-corrected chi connectivity index (χ3v) is 2.61. The Morgan fingerprint density at radius 1 is 1.27 bits per heavy atom.